The van der Waals surface area contributed by atoms with Gasteiger partial charge in [0.05, 0.1) is 6.26 Å². The molecule has 4 aromatic rings. The molecule has 0 saturated heterocycles. The molecular weight excluding hydrogens is 364 g/mol. The van der Waals surface area contributed by atoms with Gasteiger partial charge in [0, 0.05) is 35.9 Å². The molecule has 0 aliphatic heterocycles. The summed E-state index contributed by atoms with van der Waals surface area (Å²) in [5.74, 6) is -0.0983. The van der Waals surface area contributed by atoms with Crippen molar-refractivity contribution in [2.75, 3.05) is 5.32 Å². The monoisotopic (exact) mass is 376 g/mol. The predicted molar refractivity (Wildman–Crippen MR) is 99.7 cm³/mol. The SMILES string of the molecule is O=C(Nc1nc(-c2ccco2)c(C(=O)c2ccncc2)s1)c1ccncc1. The number of pyridine rings is 2. The molecule has 0 aliphatic carbocycles. The first-order valence-electron chi connectivity index (χ1n) is 7.93. The van der Waals surface area contributed by atoms with E-state index in [1.165, 1.54) is 18.7 Å². The van der Waals surface area contributed by atoms with Crippen LogP contribution in [-0.2, 0) is 0 Å². The first-order chi connectivity index (χ1) is 13.2. The third-order valence-corrected chi connectivity index (χ3v) is 4.66. The molecular formula is C19H12N4O3S. The Bertz CT molecular complexity index is 1080. The molecule has 4 aromatic heterocycles. The van der Waals surface area contributed by atoms with Crippen molar-refractivity contribution in [1.82, 2.24) is 15.0 Å². The maximum absolute atomic E-state index is 12.9. The van der Waals surface area contributed by atoms with Crippen LogP contribution in [0.4, 0.5) is 5.13 Å². The molecule has 0 bridgehead atoms. The first-order valence-corrected chi connectivity index (χ1v) is 8.75. The molecule has 0 saturated carbocycles. The van der Waals surface area contributed by atoms with E-state index >= 15 is 0 Å². The third kappa shape index (κ3) is 3.51. The van der Waals surface area contributed by atoms with E-state index in [9.17, 15) is 9.59 Å². The Kier molecular flexibility index (Phi) is 4.54. The number of carbonyl (C=O) groups excluding carboxylic acids is 2. The molecule has 27 heavy (non-hydrogen) atoms. The minimum absolute atomic E-state index is 0.217. The molecule has 1 amide bonds. The van der Waals surface area contributed by atoms with E-state index in [2.05, 4.69) is 20.3 Å². The van der Waals surface area contributed by atoms with Gasteiger partial charge in [-0.25, -0.2) is 4.98 Å². The maximum atomic E-state index is 12.9. The van der Waals surface area contributed by atoms with Crippen LogP contribution in [0.3, 0.4) is 0 Å². The van der Waals surface area contributed by atoms with Crippen LogP contribution in [0.15, 0.2) is 71.9 Å². The lowest BCUT2D eigenvalue weighted by Crippen LogP contribution is -2.11. The minimum Gasteiger partial charge on any atom is -0.463 e. The molecule has 0 unspecified atom stereocenters. The van der Waals surface area contributed by atoms with Crippen LogP contribution in [0, 0.1) is 0 Å². The molecule has 0 fully saturated rings. The van der Waals surface area contributed by atoms with Gasteiger partial charge >= 0.3 is 0 Å². The standard InChI is InChI=1S/C19H12N4O3S/c24-16(12-3-7-20-8-4-12)17-15(14-2-1-11-26-14)22-19(27-17)23-18(25)13-5-9-21-10-6-13/h1-11H,(H,22,23,25). The highest BCUT2D eigenvalue weighted by Gasteiger charge is 2.23. The molecule has 0 aliphatic rings. The number of nitrogens with one attached hydrogen (secondary N) is 1. The normalized spacial score (nSPS) is 10.5. The van der Waals surface area contributed by atoms with Crippen LogP contribution >= 0.6 is 11.3 Å². The largest absolute Gasteiger partial charge is 0.463 e. The summed E-state index contributed by atoms with van der Waals surface area (Å²) in [4.78, 5) is 37.9. The molecule has 0 aromatic carbocycles. The Balaban J connectivity index is 1.70. The Morgan fingerprint density at radius 2 is 1.59 bits per heavy atom. The fourth-order valence-corrected chi connectivity index (χ4v) is 3.34. The third-order valence-electron chi connectivity index (χ3n) is 3.69. The number of aromatic nitrogens is 3. The van der Waals surface area contributed by atoms with Crippen molar-refractivity contribution in [3.8, 4) is 11.5 Å². The van der Waals surface area contributed by atoms with Gasteiger partial charge in [0.15, 0.2) is 10.9 Å². The topological polar surface area (TPSA) is 98.0 Å². The number of anilines is 1. The van der Waals surface area contributed by atoms with Gasteiger partial charge in [-0.2, -0.15) is 0 Å². The van der Waals surface area contributed by atoms with E-state index < -0.39 is 0 Å². The highest BCUT2D eigenvalue weighted by Crippen LogP contribution is 2.33. The summed E-state index contributed by atoms with van der Waals surface area (Å²) in [6.45, 7) is 0. The second kappa shape index (κ2) is 7.30. The van der Waals surface area contributed by atoms with Crippen molar-refractivity contribution in [1.29, 1.82) is 0 Å². The van der Waals surface area contributed by atoms with Crippen molar-refractivity contribution < 1.29 is 14.0 Å². The zero-order valence-electron chi connectivity index (χ0n) is 13.8. The lowest BCUT2D eigenvalue weighted by molar-refractivity contribution is 0.102. The van der Waals surface area contributed by atoms with Crippen molar-refractivity contribution in [3.05, 3.63) is 83.5 Å². The molecule has 0 radical (unpaired) electrons. The van der Waals surface area contributed by atoms with Gasteiger partial charge in [0.2, 0.25) is 5.78 Å². The summed E-state index contributed by atoms with van der Waals surface area (Å²) >= 11 is 1.10. The molecule has 4 rings (SSSR count). The summed E-state index contributed by atoms with van der Waals surface area (Å²) in [5.41, 5.74) is 1.31. The van der Waals surface area contributed by atoms with Gasteiger partial charge in [-0.05, 0) is 36.4 Å². The van der Waals surface area contributed by atoms with E-state index in [0.29, 0.717) is 32.6 Å². The van der Waals surface area contributed by atoms with Crippen LogP contribution in [0.2, 0.25) is 0 Å². The fraction of sp³-hybridized carbons (Fsp3) is 0. The smallest absolute Gasteiger partial charge is 0.257 e. The Morgan fingerprint density at radius 1 is 0.926 bits per heavy atom. The number of amides is 1. The quantitative estimate of drug-likeness (QED) is 0.534. The van der Waals surface area contributed by atoms with Crippen LogP contribution < -0.4 is 5.32 Å². The number of furan rings is 1. The molecule has 0 atom stereocenters. The highest BCUT2D eigenvalue weighted by atomic mass is 32.1. The van der Waals surface area contributed by atoms with Gasteiger partial charge in [-0.15, -0.1) is 0 Å². The molecule has 4 heterocycles. The van der Waals surface area contributed by atoms with Crippen molar-refractivity contribution in [2.24, 2.45) is 0 Å². The van der Waals surface area contributed by atoms with E-state index in [-0.39, 0.29) is 11.7 Å². The molecule has 0 spiro atoms. The molecule has 132 valence electrons. The first kappa shape index (κ1) is 16.8. The van der Waals surface area contributed by atoms with Crippen molar-refractivity contribution >= 4 is 28.2 Å². The van der Waals surface area contributed by atoms with Crippen molar-refractivity contribution in [3.63, 3.8) is 0 Å². The molecule has 7 nitrogen and oxygen atoms in total. The lowest BCUT2D eigenvalue weighted by atomic mass is 10.1. The molecule has 8 heteroatoms. The zero-order chi connectivity index (χ0) is 18.6. The second-order valence-electron chi connectivity index (χ2n) is 5.43. The van der Waals surface area contributed by atoms with Gasteiger partial charge < -0.3 is 4.42 Å². The average molecular weight is 376 g/mol. The van der Waals surface area contributed by atoms with E-state index in [0.717, 1.165) is 11.3 Å². The number of rotatable bonds is 5. The summed E-state index contributed by atoms with van der Waals surface area (Å²) in [5, 5.41) is 3.03. The van der Waals surface area contributed by atoms with E-state index in [1.807, 2.05) is 0 Å². The number of hydrogen-bond donors (Lipinski definition) is 1. The summed E-state index contributed by atoms with van der Waals surface area (Å²) in [6, 6.07) is 9.88. The van der Waals surface area contributed by atoms with Gasteiger partial charge in [-0.3, -0.25) is 24.9 Å². The summed E-state index contributed by atoms with van der Waals surface area (Å²) in [6.07, 6.45) is 7.66. The van der Waals surface area contributed by atoms with Crippen LogP contribution in [0.1, 0.15) is 25.6 Å². The highest BCUT2D eigenvalue weighted by molar-refractivity contribution is 7.18. The van der Waals surface area contributed by atoms with Crippen molar-refractivity contribution in [2.45, 2.75) is 0 Å². The number of carbonyl (C=O) groups is 2. The lowest BCUT2D eigenvalue weighted by Gasteiger charge is -2.00. The predicted octanol–water partition coefficient (Wildman–Crippen LogP) is 3.68. The Hall–Kier alpha value is -3.65. The summed E-state index contributed by atoms with van der Waals surface area (Å²) < 4.78 is 5.41. The maximum Gasteiger partial charge on any atom is 0.257 e. The van der Waals surface area contributed by atoms with Crippen LogP contribution in [-0.4, -0.2) is 26.6 Å². The average Bonchev–Trinajstić information content (AvgIpc) is 3.38. The van der Waals surface area contributed by atoms with Gasteiger partial charge in [-0.1, -0.05) is 11.3 Å². The van der Waals surface area contributed by atoms with Crippen LogP contribution in [0.25, 0.3) is 11.5 Å². The second-order valence-corrected chi connectivity index (χ2v) is 6.43. The zero-order valence-corrected chi connectivity index (χ0v) is 14.6. The van der Waals surface area contributed by atoms with Crippen LogP contribution in [0.5, 0.6) is 0 Å². The Morgan fingerprint density at radius 3 is 2.22 bits per heavy atom. The number of ketones is 1. The van der Waals surface area contributed by atoms with Gasteiger partial charge in [0.1, 0.15) is 10.6 Å². The number of hydrogen-bond acceptors (Lipinski definition) is 7. The van der Waals surface area contributed by atoms with Gasteiger partial charge in [0.25, 0.3) is 5.91 Å². The summed E-state index contributed by atoms with van der Waals surface area (Å²) in [7, 11) is 0. The van der Waals surface area contributed by atoms with E-state index in [1.54, 1.807) is 48.8 Å². The Labute approximate surface area is 157 Å². The minimum atomic E-state index is -0.333. The fourth-order valence-electron chi connectivity index (χ4n) is 2.41. The number of thiazole rings is 1. The van der Waals surface area contributed by atoms with E-state index in [4.69, 9.17) is 4.42 Å². The molecule has 1 N–H and O–H groups in total. The number of nitrogens with zero attached hydrogens (tertiary/aromatic N) is 3.